The molecule has 0 unspecified atom stereocenters. The van der Waals surface area contributed by atoms with Gasteiger partial charge in [0.15, 0.2) is 0 Å². The largest absolute Gasteiger partial charge is 0.396 e. The summed E-state index contributed by atoms with van der Waals surface area (Å²) in [5.41, 5.74) is -0.663. The van der Waals surface area contributed by atoms with E-state index in [1.54, 1.807) is 13.8 Å². The lowest BCUT2D eigenvalue weighted by Gasteiger charge is -2.21. The molecule has 1 aromatic rings. The molecule has 2 N–H and O–H groups in total. The van der Waals surface area contributed by atoms with Gasteiger partial charge in [-0.05, 0) is 12.1 Å². The SMILES string of the molecule is CC(C)(CO)CNS(=O)(=O)c1ccc(F)cc1F. The Morgan fingerprint density at radius 2 is 1.94 bits per heavy atom. The molecule has 7 heteroatoms. The second-order valence-electron chi connectivity index (χ2n) is 4.72. The van der Waals surface area contributed by atoms with Crippen molar-refractivity contribution in [2.24, 2.45) is 5.41 Å². The predicted molar refractivity (Wildman–Crippen MR) is 62.4 cm³/mol. The van der Waals surface area contributed by atoms with Gasteiger partial charge in [0.1, 0.15) is 16.5 Å². The number of aliphatic hydroxyl groups is 1. The zero-order chi connectivity index (χ0) is 14.0. The molecule has 1 aromatic carbocycles. The smallest absolute Gasteiger partial charge is 0.243 e. The Morgan fingerprint density at radius 3 is 2.44 bits per heavy atom. The fourth-order valence-corrected chi connectivity index (χ4v) is 2.42. The lowest BCUT2D eigenvalue weighted by atomic mass is 9.96. The van der Waals surface area contributed by atoms with Gasteiger partial charge in [0.2, 0.25) is 10.0 Å². The molecule has 18 heavy (non-hydrogen) atoms. The molecule has 0 amide bonds. The summed E-state index contributed by atoms with van der Waals surface area (Å²) in [7, 11) is -4.05. The monoisotopic (exact) mass is 279 g/mol. The summed E-state index contributed by atoms with van der Waals surface area (Å²) in [6, 6.07) is 2.24. The van der Waals surface area contributed by atoms with Gasteiger partial charge in [0.25, 0.3) is 0 Å². The summed E-state index contributed by atoms with van der Waals surface area (Å²) in [6.07, 6.45) is 0. The van der Waals surface area contributed by atoms with Crippen LogP contribution in [0.1, 0.15) is 13.8 Å². The molecule has 0 saturated heterocycles. The Morgan fingerprint density at radius 1 is 1.33 bits per heavy atom. The van der Waals surface area contributed by atoms with Crippen molar-refractivity contribution in [1.29, 1.82) is 0 Å². The van der Waals surface area contributed by atoms with E-state index in [2.05, 4.69) is 4.72 Å². The second kappa shape index (κ2) is 5.29. The van der Waals surface area contributed by atoms with E-state index in [1.807, 2.05) is 0 Å². The van der Waals surface area contributed by atoms with Crippen LogP contribution in [0.3, 0.4) is 0 Å². The highest BCUT2D eigenvalue weighted by atomic mass is 32.2. The first-order chi connectivity index (χ1) is 8.18. The standard InChI is InChI=1S/C11H15F2NO3S/c1-11(2,7-15)6-14-18(16,17)10-4-3-8(12)5-9(10)13/h3-5,14-15H,6-7H2,1-2H3. The minimum absolute atomic E-state index is 0.0529. The van der Waals surface area contributed by atoms with Crippen LogP contribution in [0.25, 0.3) is 0 Å². The van der Waals surface area contributed by atoms with Gasteiger partial charge >= 0.3 is 0 Å². The molecule has 0 fully saturated rings. The minimum Gasteiger partial charge on any atom is -0.396 e. The maximum atomic E-state index is 13.3. The highest BCUT2D eigenvalue weighted by Crippen LogP contribution is 2.17. The fraction of sp³-hybridized carbons (Fsp3) is 0.455. The summed E-state index contributed by atoms with van der Waals surface area (Å²) >= 11 is 0. The minimum atomic E-state index is -4.05. The van der Waals surface area contributed by atoms with Crippen molar-refractivity contribution in [3.63, 3.8) is 0 Å². The van der Waals surface area contributed by atoms with Crippen molar-refractivity contribution >= 4 is 10.0 Å². The molecule has 0 aromatic heterocycles. The number of aliphatic hydroxyl groups excluding tert-OH is 1. The van der Waals surface area contributed by atoms with Gasteiger partial charge in [-0.15, -0.1) is 0 Å². The highest BCUT2D eigenvalue weighted by Gasteiger charge is 2.24. The van der Waals surface area contributed by atoms with Crippen molar-refractivity contribution < 1.29 is 22.3 Å². The van der Waals surface area contributed by atoms with Gasteiger partial charge in [-0.25, -0.2) is 21.9 Å². The third-order valence-corrected chi connectivity index (χ3v) is 3.79. The molecule has 0 aliphatic heterocycles. The van der Waals surface area contributed by atoms with Gasteiger partial charge in [-0.3, -0.25) is 0 Å². The van der Waals surface area contributed by atoms with E-state index in [-0.39, 0.29) is 13.2 Å². The van der Waals surface area contributed by atoms with Gasteiger partial charge in [0, 0.05) is 24.6 Å². The number of sulfonamides is 1. The number of rotatable bonds is 5. The van der Waals surface area contributed by atoms with Crippen LogP contribution in [-0.2, 0) is 10.0 Å². The molecule has 0 aliphatic carbocycles. The summed E-state index contributed by atoms with van der Waals surface area (Å²) < 4.78 is 51.7. The van der Waals surface area contributed by atoms with Crippen LogP contribution >= 0.6 is 0 Å². The quantitative estimate of drug-likeness (QED) is 0.852. The van der Waals surface area contributed by atoms with Crippen LogP contribution in [0, 0.1) is 17.0 Å². The Kier molecular flexibility index (Phi) is 4.41. The van der Waals surface area contributed by atoms with Crippen molar-refractivity contribution in [2.75, 3.05) is 13.2 Å². The van der Waals surface area contributed by atoms with E-state index in [0.717, 1.165) is 12.1 Å². The molecular formula is C11H15F2NO3S. The molecule has 1 rings (SSSR count). The van der Waals surface area contributed by atoms with E-state index in [9.17, 15) is 17.2 Å². The fourth-order valence-electron chi connectivity index (χ4n) is 1.12. The van der Waals surface area contributed by atoms with Gasteiger partial charge < -0.3 is 5.11 Å². The molecule has 0 atom stereocenters. The lowest BCUT2D eigenvalue weighted by Crippen LogP contribution is -2.36. The Labute approximate surface area is 105 Å². The number of hydrogen-bond acceptors (Lipinski definition) is 3. The van der Waals surface area contributed by atoms with E-state index in [0.29, 0.717) is 6.07 Å². The van der Waals surface area contributed by atoms with Crippen LogP contribution in [0.15, 0.2) is 23.1 Å². The molecule has 102 valence electrons. The van der Waals surface area contributed by atoms with Crippen molar-refractivity contribution in [3.8, 4) is 0 Å². The van der Waals surface area contributed by atoms with Crippen molar-refractivity contribution in [1.82, 2.24) is 4.72 Å². The number of nitrogens with one attached hydrogen (secondary N) is 1. The third-order valence-electron chi connectivity index (χ3n) is 2.35. The van der Waals surface area contributed by atoms with Crippen LogP contribution in [0.4, 0.5) is 8.78 Å². The molecule has 0 heterocycles. The number of halogens is 2. The average molecular weight is 279 g/mol. The molecule has 0 radical (unpaired) electrons. The molecular weight excluding hydrogens is 264 g/mol. The molecule has 0 saturated carbocycles. The van der Waals surface area contributed by atoms with Crippen LogP contribution in [0.5, 0.6) is 0 Å². The zero-order valence-electron chi connectivity index (χ0n) is 10.1. The zero-order valence-corrected chi connectivity index (χ0v) is 10.9. The second-order valence-corrected chi connectivity index (χ2v) is 6.46. The van der Waals surface area contributed by atoms with Gasteiger partial charge in [-0.2, -0.15) is 0 Å². The Bertz CT molecular complexity index is 529. The molecule has 0 aliphatic rings. The predicted octanol–water partition coefficient (Wildman–Crippen LogP) is 1.26. The van der Waals surface area contributed by atoms with E-state index in [1.165, 1.54) is 0 Å². The first-order valence-corrected chi connectivity index (χ1v) is 6.72. The van der Waals surface area contributed by atoms with E-state index < -0.39 is 32.0 Å². The summed E-state index contributed by atoms with van der Waals surface area (Å²) in [4.78, 5) is -0.613. The summed E-state index contributed by atoms with van der Waals surface area (Å²) in [5.74, 6) is -1.99. The van der Waals surface area contributed by atoms with Crippen LogP contribution in [-0.4, -0.2) is 26.7 Å². The number of benzene rings is 1. The van der Waals surface area contributed by atoms with Crippen molar-refractivity contribution in [3.05, 3.63) is 29.8 Å². The van der Waals surface area contributed by atoms with Crippen LogP contribution < -0.4 is 4.72 Å². The Hall–Kier alpha value is -1.05. The normalized spacial score (nSPS) is 12.7. The molecule has 0 bridgehead atoms. The first-order valence-electron chi connectivity index (χ1n) is 5.23. The third kappa shape index (κ3) is 3.72. The van der Waals surface area contributed by atoms with Crippen LogP contribution in [0.2, 0.25) is 0 Å². The summed E-state index contributed by atoms with van der Waals surface area (Å²) in [5, 5.41) is 8.99. The van der Waals surface area contributed by atoms with Crippen molar-refractivity contribution in [2.45, 2.75) is 18.7 Å². The lowest BCUT2D eigenvalue weighted by molar-refractivity contribution is 0.163. The number of hydrogen-bond donors (Lipinski definition) is 2. The average Bonchev–Trinajstić information content (AvgIpc) is 2.26. The van der Waals surface area contributed by atoms with E-state index in [4.69, 9.17) is 5.11 Å². The Balaban J connectivity index is 2.94. The first kappa shape index (κ1) is 15.0. The van der Waals surface area contributed by atoms with Gasteiger partial charge in [-0.1, -0.05) is 13.8 Å². The molecule has 4 nitrogen and oxygen atoms in total. The maximum Gasteiger partial charge on any atom is 0.243 e. The summed E-state index contributed by atoms with van der Waals surface area (Å²) in [6.45, 7) is 3.02. The van der Waals surface area contributed by atoms with E-state index >= 15 is 0 Å². The highest BCUT2D eigenvalue weighted by molar-refractivity contribution is 7.89. The maximum absolute atomic E-state index is 13.3. The molecule has 0 spiro atoms. The topological polar surface area (TPSA) is 66.4 Å². The van der Waals surface area contributed by atoms with Gasteiger partial charge in [0.05, 0.1) is 0 Å².